The number of nitrogens with zero attached hydrogens (tertiary/aromatic N) is 5. The minimum Gasteiger partial charge on any atom is -0.364 e. The number of benzene rings is 1. The molecule has 1 aliphatic rings. The van der Waals surface area contributed by atoms with E-state index >= 15 is 0 Å². The first-order valence-corrected chi connectivity index (χ1v) is 10.3. The lowest BCUT2D eigenvalue weighted by Gasteiger charge is -2.40. The second kappa shape index (κ2) is 9.08. The molecule has 7 nitrogen and oxygen atoms in total. The number of carbonyl (C=O) groups excluding carboxylic acids is 1. The third-order valence-corrected chi connectivity index (χ3v) is 5.54. The number of aromatic nitrogens is 4. The topological polar surface area (TPSA) is 83.9 Å². The predicted molar refractivity (Wildman–Crippen MR) is 112 cm³/mol. The number of carbonyl (C=O) groups is 1. The highest BCUT2D eigenvalue weighted by molar-refractivity contribution is 6.00. The monoisotopic (exact) mass is 460 g/mol. The summed E-state index contributed by atoms with van der Waals surface area (Å²) in [4.78, 5) is 30.6. The quantitative estimate of drug-likeness (QED) is 0.588. The Morgan fingerprint density at radius 2 is 1.88 bits per heavy atom. The molecule has 3 aromatic rings. The fourth-order valence-electron chi connectivity index (χ4n) is 3.84. The number of amides is 1. The van der Waals surface area contributed by atoms with Gasteiger partial charge in [-0.2, -0.15) is 13.2 Å². The molecule has 0 saturated carbocycles. The van der Waals surface area contributed by atoms with E-state index in [1.807, 2.05) is 6.92 Å². The van der Waals surface area contributed by atoms with Crippen LogP contribution in [0.1, 0.15) is 35.8 Å². The number of hydrogen-bond donors (Lipinski definition) is 1. The first kappa shape index (κ1) is 22.6. The van der Waals surface area contributed by atoms with Crippen molar-refractivity contribution >= 4 is 11.7 Å². The lowest BCUT2D eigenvalue weighted by molar-refractivity contribution is -0.141. The summed E-state index contributed by atoms with van der Waals surface area (Å²) in [6.07, 6.45) is 1.50. The smallest absolute Gasteiger partial charge is 0.364 e. The van der Waals surface area contributed by atoms with Gasteiger partial charge in [0.05, 0.1) is 18.0 Å². The van der Waals surface area contributed by atoms with Crippen LogP contribution < -0.4 is 5.32 Å². The molecule has 0 aliphatic carbocycles. The third-order valence-electron chi connectivity index (χ3n) is 5.54. The molecule has 1 fully saturated rings. The number of likely N-dealkylation sites (tertiary alicyclic amines) is 1. The van der Waals surface area contributed by atoms with Crippen LogP contribution in [0, 0.1) is 5.82 Å². The molecular weight excluding hydrogens is 440 g/mol. The first-order valence-electron chi connectivity index (χ1n) is 10.3. The molecule has 3 heterocycles. The molecule has 11 heteroatoms. The number of hydrogen-bond acceptors (Lipinski definition) is 6. The van der Waals surface area contributed by atoms with Gasteiger partial charge in [-0.1, -0.05) is 0 Å². The van der Waals surface area contributed by atoms with Crippen LogP contribution in [-0.2, 0) is 6.18 Å². The van der Waals surface area contributed by atoms with Gasteiger partial charge in [0.25, 0.3) is 5.91 Å². The van der Waals surface area contributed by atoms with Crippen LogP contribution in [0.25, 0.3) is 11.4 Å². The molecule has 1 aromatic carbocycles. The highest BCUT2D eigenvalue weighted by Crippen LogP contribution is 2.29. The van der Waals surface area contributed by atoms with Crippen molar-refractivity contribution in [2.75, 3.05) is 11.9 Å². The maximum absolute atomic E-state index is 13.9. The molecule has 0 spiro atoms. The zero-order valence-electron chi connectivity index (χ0n) is 17.6. The number of anilines is 1. The second-order valence-corrected chi connectivity index (χ2v) is 7.68. The molecule has 4 rings (SSSR count). The summed E-state index contributed by atoms with van der Waals surface area (Å²) in [7, 11) is 0. The normalized spacial score (nSPS) is 18.8. The third kappa shape index (κ3) is 4.91. The van der Waals surface area contributed by atoms with E-state index in [9.17, 15) is 22.4 Å². The summed E-state index contributed by atoms with van der Waals surface area (Å²) in [5.74, 6) is -0.398. The fourth-order valence-corrected chi connectivity index (χ4v) is 3.84. The molecule has 172 valence electrons. The Bertz CT molecular complexity index is 1120. The van der Waals surface area contributed by atoms with Crippen LogP contribution in [0.3, 0.4) is 0 Å². The van der Waals surface area contributed by atoms with E-state index in [0.717, 1.165) is 6.20 Å². The van der Waals surface area contributed by atoms with Crippen LogP contribution in [-0.4, -0.2) is 49.4 Å². The van der Waals surface area contributed by atoms with Crippen molar-refractivity contribution in [3.8, 4) is 11.4 Å². The van der Waals surface area contributed by atoms with Crippen LogP contribution >= 0.6 is 0 Å². The highest BCUT2D eigenvalue weighted by Gasteiger charge is 2.35. The van der Waals surface area contributed by atoms with Crippen LogP contribution in [0.15, 0.2) is 49.1 Å². The van der Waals surface area contributed by atoms with Crippen LogP contribution in [0.4, 0.5) is 23.4 Å². The number of piperidine rings is 1. The minimum absolute atomic E-state index is 0.189. The molecule has 2 atom stereocenters. The molecule has 0 bridgehead atoms. The van der Waals surface area contributed by atoms with Gasteiger partial charge in [0.15, 0.2) is 11.5 Å². The van der Waals surface area contributed by atoms with Crippen molar-refractivity contribution in [3.63, 3.8) is 0 Å². The summed E-state index contributed by atoms with van der Waals surface area (Å²) in [6, 6.07) is 4.90. The number of alkyl halides is 3. The Hall–Kier alpha value is -3.63. The predicted octanol–water partition coefficient (Wildman–Crippen LogP) is 4.20. The van der Waals surface area contributed by atoms with Gasteiger partial charge in [-0.25, -0.2) is 24.3 Å². The van der Waals surface area contributed by atoms with Crippen LogP contribution in [0.2, 0.25) is 0 Å². The average Bonchev–Trinajstić information content (AvgIpc) is 2.80. The SMILES string of the molecule is CC1C(Nc2cnc(C(F)(F)F)cn2)CCCN1C(=O)c1ccc(F)cc1-c1ncccn1. The van der Waals surface area contributed by atoms with Crippen molar-refractivity contribution in [1.29, 1.82) is 0 Å². The van der Waals surface area contributed by atoms with Gasteiger partial charge in [-0.05, 0) is 44.0 Å². The highest BCUT2D eigenvalue weighted by atomic mass is 19.4. The maximum Gasteiger partial charge on any atom is 0.434 e. The molecule has 2 aromatic heterocycles. The van der Waals surface area contributed by atoms with Crippen molar-refractivity contribution in [1.82, 2.24) is 24.8 Å². The standard InChI is InChI=1S/C22H20F4N6O/c1-13-17(31-19-12-29-18(11-30-19)22(24,25)26)4-2-9-32(13)21(33)15-6-5-14(23)10-16(15)20-27-7-3-8-28-20/h3,5-8,10-13,17H,2,4,9H2,1H3,(H,30,31). The van der Waals surface area contributed by atoms with Crippen molar-refractivity contribution < 1.29 is 22.4 Å². The Balaban J connectivity index is 1.55. The molecule has 1 saturated heterocycles. The number of nitrogens with one attached hydrogen (secondary N) is 1. The molecule has 1 aliphatic heterocycles. The summed E-state index contributed by atoms with van der Waals surface area (Å²) in [5.41, 5.74) is -0.519. The first-order chi connectivity index (χ1) is 15.7. The number of halogens is 4. The van der Waals surface area contributed by atoms with Crippen molar-refractivity contribution in [3.05, 3.63) is 66.1 Å². The lowest BCUT2D eigenvalue weighted by atomic mass is 9.95. The van der Waals surface area contributed by atoms with Gasteiger partial charge in [0, 0.05) is 36.6 Å². The molecule has 33 heavy (non-hydrogen) atoms. The van der Waals surface area contributed by atoms with E-state index in [1.165, 1.54) is 30.6 Å². The Morgan fingerprint density at radius 1 is 1.12 bits per heavy atom. The van der Waals surface area contributed by atoms with Crippen molar-refractivity contribution in [2.45, 2.75) is 38.0 Å². The zero-order chi connectivity index (χ0) is 23.6. The van der Waals surface area contributed by atoms with E-state index in [2.05, 4.69) is 25.3 Å². The molecule has 1 amide bonds. The lowest BCUT2D eigenvalue weighted by Crippen LogP contribution is -2.52. The van der Waals surface area contributed by atoms with Gasteiger partial charge in [-0.15, -0.1) is 0 Å². The van der Waals surface area contributed by atoms with E-state index in [0.29, 0.717) is 25.6 Å². The van der Waals surface area contributed by atoms with E-state index in [4.69, 9.17) is 0 Å². The van der Waals surface area contributed by atoms with Gasteiger partial charge >= 0.3 is 6.18 Å². The van der Waals surface area contributed by atoms with E-state index < -0.39 is 17.7 Å². The maximum atomic E-state index is 13.9. The van der Waals surface area contributed by atoms with Gasteiger partial charge in [-0.3, -0.25) is 4.79 Å². The van der Waals surface area contributed by atoms with Crippen LogP contribution in [0.5, 0.6) is 0 Å². The molecule has 0 radical (unpaired) electrons. The van der Waals surface area contributed by atoms with Crippen molar-refractivity contribution in [2.24, 2.45) is 0 Å². The largest absolute Gasteiger partial charge is 0.434 e. The van der Waals surface area contributed by atoms with E-state index in [-0.39, 0.29) is 40.8 Å². The van der Waals surface area contributed by atoms with Gasteiger partial charge in [0.1, 0.15) is 11.6 Å². The van der Waals surface area contributed by atoms with E-state index in [1.54, 1.807) is 11.0 Å². The average molecular weight is 460 g/mol. The fraction of sp³-hybridized carbons (Fsp3) is 0.318. The summed E-state index contributed by atoms with van der Waals surface area (Å²) in [6.45, 7) is 2.32. The summed E-state index contributed by atoms with van der Waals surface area (Å²) in [5, 5.41) is 3.08. The second-order valence-electron chi connectivity index (χ2n) is 7.68. The Labute approximate surface area is 186 Å². The number of rotatable bonds is 4. The van der Waals surface area contributed by atoms with Gasteiger partial charge < -0.3 is 10.2 Å². The summed E-state index contributed by atoms with van der Waals surface area (Å²) < 4.78 is 52.1. The zero-order valence-corrected chi connectivity index (χ0v) is 17.6. The molecular formula is C22H20F4N6O. The van der Waals surface area contributed by atoms with Gasteiger partial charge in [0.2, 0.25) is 0 Å². The summed E-state index contributed by atoms with van der Waals surface area (Å²) >= 11 is 0. The molecule has 2 unspecified atom stereocenters. The molecule has 1 N–H and O–H groups in total. The Morgan fingerprint density at radius 3 is 2.55 bits per heavy atom. The minimum atomic E-state index is -4.57. The Kier molecular flexibility index (Phi) is 6.21.